The van der Waals surface area contributed by atoms with Gasteiger partial charge in [0.2, 0.25) is 5.91 Å². The van der Waals surface area contributed by atoms with E-state index in [2.05, 4.69) is 12.2 Å². The van der Waals surface area contributed by atoms with Gasteiger partial charge in [0.25, 0.3) is 5.91 Å². The smallest absolute Gasteiger partial charge is 0.261 e. The van der Waals surface area contributed by atoms with E-state index >= 15 is 0 Å². The molecule has 3 aromatic rings. The maximum absolute atomic E-state index is 13.5. The molecule has 0 saturated carbocycles. The fraction of sp³-hybridized carbons (Fsp3) is 0.286. The van der Waals surface area contributed by atoms with Crippen molar-refractivity contribution in [1.29, 1.82) is 0 Å². The van der Waals surface area contributed by atoms with Gasteiger partial charge in [0.1, 0.15) is 11.8 Å². The first-order chi connectivity index (χ1) is 17.0. The Kier molecular flexibility index (Phi) is 10.5. The van der Waals surface area contributed by atoms with Gasteiger partial charge >= 0.3 is 0 Å². The van der Waals surface area contributed by atoms with E-state index in [1.165, 1.54) is 0 Å². The van der Waals surface area contributed by atoms with Crippen molar-refractivity contribution in [3.05, 3.63) is 100 Å². The average Bonchev–Trinajstić information content (AvgIpc) is 2.87. The van der Waals surface area contributed by atoms with E-state index in [4.69, 9.17) is 27.9 Å². The molecule has 184 valence electrons. The molecule has 1 unspecified atom stereocenters. The van der Waals surface area contributed by atoms with Gasteiger partial charge in [-0.1, -0.05) is 97.2 Å². The first kappa shape index (κ1) is 26.6. The Hall–Kier alpha value is -3.02. The van der Waals surface area contributed by atoms with E-state index in [1.54, 1.807) is 35.2 Å². The van der Waals surface area contributed by atoms with Gasteiger partial charge in [-0.25, -0.2) is 0 Å². The van der Waals surface area contributed by atoms with Crippen molar-refractivity contribution in [1.82, 2.24) is 10.2 Å². The van der Waals surface area contributed by atoms with Crippen LogP contribution in [0.4, 0.5) is 0 Å². The lowest BCUT2D eigenvalue weighted by molar-refractivity contribution is -0.142. The molecule has 1 atom stereocenters. The largest absolute Gasteiger partial charge is 0.482 e. The van der Waals surface area contributed by atoms with Gasteiger partial charge in [-0.15, -0.1) is 0 Å². The molecule has 3 rings (SSSR count). The third kappa shape index (κ3) is 8.01. The number of hydrogen-bond acceptors (Lipinski definition) is 3. The van der Waals surface area contributed by atoms with Crippen LogP contribution in [-0.2, 0) is 22.6 Å². The van der Waals surface area contributed by atoms with E-state index in [9.17, 15) is 9.59 Å². The predicted molar refractivity (Wildman–Crippen MR) is 141 cm³/mol. The van der Waals surface area contributed by atoms with Crippen molar-refractivity contribution < 1.29 is 14.3 Å². The number of hydrogen-bond donors (Lipinski definition) is 1. The molecular formula is C28H30Cl2N2O3. The lowest BCUT2D eigenvalue weighted by Crippen LogP contribution is -2.51. The average molecular weight is 513 g/mol. The highest BCUT2D eigenvalue weighted by Crippen LogP contribution is 2.24. The molecule has 0 radical (unpaired) electrons. The van der Waals surface area contributed by atoms with Crippen LogP contribution in [0.15, 0.2) is 78.9 Å². The summed E-state index contributed by atoms with van der Waals surface area (Å²) in [4.78, 5) is 28.5. The number of unbranched alkanes of at least 4 members (excludes halogenated alkanes) is 1. The van der Waals surface area contributed by atoms with Crippen molar-refractivity contribution in [3.8, 4) is 5.75 Å². The van der Waals surface area contributed by atoms with Crippen molar-refractivity contribution >= 4 is 35.0 Å². The molecule has 0 heterocycles. The minimum absolute atomic E-state index is 0.170. The minimum Gasteiger partial charge on any atom is -0.482 e. The van der Waals surface area contributed by atoms with Crippen molar-refractivity contribution in [2.75, 3.05) is 13.2 Å². The molecule has 0 aliphatic carbocycles. The van der Waals surface area contributed by atoms with Crippen LogP contribution in [0, 0.1) is 0 Å². The van der Waals surface area contributed by atoms with Crippen LogP contribution in [0.5, 0.6) is 5.75 Å². The Balaban J connectivity index is 1.90. The Morgan fingerprint density at radius 2 is 1.57 bits per heavy atom. The van der Waals surface area contributed by atoms with Crippen LogP contribution >= 0.6 is 23.2 Å². The second kappa shape index (κ2) is 13.8. The van der Waals surface area contributed by atoms with Gasteiger partial charge in [0.05, 0.1) is 5.02 Å². The van der Waals surface area contributed by atoms with Crippen LogP contribution in [0.25, 0.3) is 0 Å². The highest BCUT2D eigenvalue weighted by Gasteiger charge is 2.31. The highest BCUT2D eigenvalue weighted by molar-refractivity contribution is 6.32. The summed E-state index contributed by atoms with van der Waals surface area (Å²) in [5, 5.41) is 3.94. The molecule has 0 bridgehead atoms. The fourth-order valence-electron chi connectivity index (χ4n) is 3.65. The number of amides is 2. The molecule has 0 fully saturated rings. The zero-order valence-corrected chi connectivity index (χ0v) is 21.3. The third-order valence-corrected chi connectivity index (χ3v) is 6.27. The Morgan fingerprint density at radius 3 is 2.26 bits per heavy atom. The summed E-state index contributed by atoms with van der Waals surface area (Å²) in [6.07, 6.45) is 2.18. The molecule has 3 aromatic carbocycles. The van der Waals surface area contributed by atoms with E-state index in [0.29, 0.717) is 28.8 Å². The van der Waals surface area contributed by atoms with Gasteiger partial charge in [0.15, 0.2) is 6.61 Å². The predicted octanol–water partition coefficient (Wildman–Crippen LogP) is 5.93. The zero-order chi connectivity index (χ0) is 25.0. The maximum Gasteiger partial charge on any atom is 0.261 e. The molecule has 1 N–H and O–H groups in total. The number of benzene rings is 3. The number of halogens is 2. The van der Waals surface area contributed by atoms with E-state index in [1.807, 2.05) is 48.5 Å². The summed E-state index contributed by atoms with van der Waals surface area (Å²) in [7, 11) is 0. The Bertz CT molecular complexity index is 1110. The van der Waals surface area contributed by atoms with Crippen LogP contribution in [0.2, 0.25) is 10.0 Å². The summed E-state index contributed by atoms with van der Waals surface area (Å²) in [5.74, 6) is -0.135. The normalized spacial score (nSPS) is 11.5. The quantitative estimate of drug-likeness (QED) is 0.306. The number of rotatable bonds is 12. The van der Waals surface area contributed by atoms with E-state index in [0.717, 1.165) is 24.0 Å². The SMILES string of the molecule is CCCCNC(=O)C(Cc1ccccc1)N(Cc1ccccc1Cl)C(=O)COc1ccccc1Cl. The molecule has 2 amide bonds. The molecule has 0 aliphatic heterocycles. The number of nitrogens with zero attached hydrogens (tertiary/aromatic N) is 1. The molecule has 0 saturated heterocycles. The van der Waals surface area contributed by atoms with Crippen molar-refractivity contribution in [2.24, 2.45) is 0 Å². The van der Waals surface area contributed by atoms with Crippen LogP contribution < -0.4 is 10.1 Å². The molecule has 0 spiro atoms. The van der Waals surface area contributed by atoms with Gasteiger partial charge in [-0.3, -0.25) is 9.59 Å². The lowest BCUT2D eigenvalue weighted by Gasteiger charge is -2.31. The summed E-state index contributed by atoms with van der Waals surface area (Å²) in [6, 6.07) is 23.2. The zero-order valence-electron chi connectivity index (χ0n) is 19.8. The van der Waals surface area contributed by atoms with Crippen LogP contribution in [0.3, 0.4) is 0 Å². The minimum atomic E-state index is -0.743. The number of ether oxygens (including phenoxy) is 1. The third-order valence-electron chi connectivity index (χ3n) is 5.59. The standard InChI is InChI=1S/C28H30Cl2N2O3/c1-2-3-17-31-28(34)25(18-21-11-5-4-6-12-21)32(19-22-13-7-8-14-23(22)29)27(33)20-35-26-16-10-9-15-24(26)30/h4-16,25H,2-3,17-20H2,1H3,(H,31,34). The van der Waals surface area contributed by atoms with E-state index in [-0.39, 0.29) is 25.0 Å². The fourth-order valence-corrected chi connectivity index (χ4v) is 4.04. The molecule has 7 heteroatoms. The number of carbonyl (C=O) groups is 2. The highest BCUT2D eigenvalue weighted by atomic mass is 35.5. The monoisotopic (exact) mass is 512 g/mol. The van der Waals surface area contributed by atoms with Crippen molar-refractivity contribution in [3.63, 3.8) is 0 Å². The van der Waals surface area contributed by atoms with E-state index < -0.39 is 6.04 Å². The molecular weight excluding hydrogens is 483 g/mol. The number of para-hydroxylation sites is 1. The lowest BCUT2D eigenvalue weighted by atomic mass is 10.0. The summed E-state index contributed by atoms with van der Waals surface area (Å²) < 4.78 is 5.74. The topological polar surface area (TPSA) is 58.6 Å². The van der Waals surface area contributed by atoms with Crippen LogP contribution in [-0.4, -0.2) is 35.9 Å². The molecule has 35 heavy (non-hydrogen) atoms. The van der Waals surface area contributed by atoms with Crippen LogP contribution in [0.1, 0.15) is 30.9 Å². The summed E-state index contributed by atoms with van der Waals surface area (Å²) >= 11 is 12.6. The second-order valence-electron chi connectivity index (χ2n) is 8.18. The maximum atomic E-state index is 13.5. The Labute approximate surface area is 217 Å². The second-order valence-corrected chi connectivity index (χ2v) is 9.00. The van der Waals surface area contributed by atoms with Gasteiger partial charge in [-0.05, 0) is 35.7 Å². The van der Waals surface area contributed by atoms with Crippen molar-refractivity contribution in [2.45, 2.75) is 38.8 Å². The number of carbonyl (C=O) groups excluding carboxylic acids is 2. The first-order valence-electron chi connectivity index (χ1n) is 11.7. The Morgan fingerprint density at radius 1 is 0.914 bits per heavy atom. The first-order valence-corrected chi connectivity index (χ1v) is 12.5. The molecule has 0 aliphatic rings. The molecule has 5 nitrogen and oxygen atoms in total. The van der Waals surface area contributed by atoms with Gasteiger partial charge in [-0.2, -0.15) is 0 Å². The van der Waals surface area contributed by atoms with Gasteiger partial charge < -0.3 is 15.0 Å². The summed E-state index contributed by atoms with van der Waals surface area (Å²) in [5.41, 5.74) is 1.70. The summed E-state index contributed by atoms with van der Waals surface area (Å²) in [6.45, 7) is 2.52. The van der Waals surface area contributed by atoms with Gasteiger partial charge in [0, 0.05) is 24.5 Å². The molecule has 0 aromatic heterocycles. The number of nitrogens with one attached hydrogen (secondary N) is 1.